The quantitative estimate of drug-likeness (QED) is 0.699. The summed E-state index contributed by atoms with van der Waals surface area (Å²) in [5, 5.41) is 0. The van der Waals surface area contributed by atoms with Gasteiger partial charge in [0.05, 0.1) is 0 Å². The van der Waals surface area contributed by atoms with Gasteiger partial charge in [0.1, 0.15) is 0 Å². The number of hydrogen-bond donors (Lipinski definition) is 1. The van der Waals surface area contributed by atoms with Crippen LogP contribution in [0.1, 0.15) is 34.1 Å². The molecule has 0 radical (unpaired) electrons. The van der Waals surface area contributed by atoms with E-state index in [9.17, 15) is 0 Å². The van der Waals surface area contributed by atoms with Gasteiger partial charge in [-0.15, -0.1) is 0 Å². The van der Waals surface area contributed by atoms with Gasteiger partial charge < -0.3 is 10.6 Å². The number of rotatable bonds is 4. The Morgan fingerprint density at radius 1 is 1.33 bits per heavy atom. The Morgan fingerprint density at radius 3 is 2.00 bits per heavy atom. The van der Waals surface area contributed by atoms with E-state index in [0.717, 1.165) is 6.42 Å². The van der Waals surface area contributed by atoms with E-state index in [2.05, 4.69) is 46.7 Å². The Labute approximate surface area is 77.1 Å². The third kappa shape index (κ3) is 2.46. The molecule has 12 heavy (non-hydrogen) atoms. The highest BCUT2D eigenvalue weighted by atomic mass is 15.2. The highest BCUT2D eigenvalue weighted by Gasteiger charge is 2.31. The summed E-state index contributed by atoms with van der Waals surface area (Å²) in [7, 11) is 4.17. The summed E-state index contributed by atoms with van der Waals surface area (Å²) < 4.78 is 0. The van der Waals surface area contributed by atoms with Gasteiger partial charge in [0.2, 0.25) is 0 Å². The molecule has 2 atom stereocenters. The third-order valence-electron chi connectivity index (χ3n) is 3.23. The number of nitrogens with two attached hydrogens (primary N) is 1. The molecule has 0 aromatic heterocycles. The molecule has 0 aliphatic rings. The maximum Gasteiger partial charge on any atom is 0.0300 e. The lowest BCUT2D eigenvalue weighted by molar-refractivity contribution is 0.128. The van der Waals surface area contributed by atoms with Crippen molar-refractivity contribution in [1.82, 2.24) is 4.90 Å². The molecule has 0 saturated heterocycles. The van der Waals surface area contributed by atoms with Crippen LogP contribution in [0.25, 0.3) is 0 Å². The van der Waals surface area contributed by atoms with E-state index in [-0.39, 0.29) is 11.6 Å². The predicted octanol–water partition coefficient (Wildman–Crippen LogP) is 1.70. The molecule has 0 aliphatic heterocycles. The van der Waals surface area contributed by atoms with Crippen LogP contribution in [0.2, 0.25) is 0 Å². The summed E-state index contributed by atoms with van der Waals surface area (Å²) in [6.45, 7) is 8.81. The van der Waals surface area contributed by atoms with Gasteiger partial charge in [-0.25, -0.2) is 0 Å². The Morgan fingerprint density at radius 2 is 1.75 bits per heavy atom. The molecule has 0 heterocycles. The lowest BCUT2D eigenvalue weighted by atomic mass is 9.84. The van der Waals surface area contributed by atoms with Crippen LogP contribution in [0.4, 0.5) is 0 Å². The van der Waals surface area contributed by atoms with Crippen molar-refractivity contribution < 1.29 is 0 Å². The van der Waals surface area contributed by atoms with Gasteiger partial charge in [0.25, 0.3) is 0 Å². The molecule has 0 spiro atoms. The van der Waals surface area contributed by atoms with Crippen molar-refractivity contribution in [3.63, 3.8) is 0 Å². The molecule has 0 fully saturated rings. The van der Waals surface area contributed by atoms with Crippen molar-refractivity contribution in [3.05, 3.63) is 0 Å². The van der Waals surface area contributed by atoms with Gasteiger partial charge in [0, 0.05) is 11.6 Å². The van der Waals surface area contributed by atoms with Crippen molar-refractivity contribution >= 4 is 0 Å². The molecule has 0 saturated carbocycles. The largest absolute Gasteiger partial charge is 0.326 e. The van der Waals surface area contributed by atoms with Crippen molar-refractivity contribution in [1.29, 1.82) is 0 Å². The van der Waals surface area contributed by atoms with Crippen molar-refractivity contribution in [3.8, 4) is 0 Å². The van der Waals surface area contributed by atoms with Gasteiger partial charge in [-0.3, -0.25) is 0 Å². The molecule has 2 heteroatoms. The first-order valence-corrected chi connectivity index (χ1v) is 4.77. The molecular weight excluding hydrogens is 148 g/mol. The molecule has 0 aromatic rings. The van der Waals surface area contributed by atoms with Crippen LogP contribution < -0.4 is 5.73 Å². The zero-order chi connectivity index (χ0) is 9.94. The Hall–Kier alpha value is -0.0800. The second kappa shape index (κ2) is 4.24. The fraction of sp³-hybridized carbons (Fsp3) is 1.00. The SMILES string of the molecule is CCC(C)C(N)C(C)(C)N(C)C. The molecule has 0 amide bonds. The van der Waals surface area contributed by atoms with Crippen LogP contribution in [0, 0.1) is 5.92 Å². The molecular formula is C10H24N2. The fourth-order valence-corrected chi connectivity index (χ4v) is 1.25. The maximum absolute atomic E-state index is 6.16. The van der Waals surface area contributed by atoms with Crippen LogP contribution in [0.15, 0.2) is 0 Å². The predicted molar refractivity (Wildman–Crippen MR) is 55.2 cm³/mol. The molecule has 0 bridgehead atoms. The van der Waals surface area contributed by atoms with Crippen molar-refractivity contribution in [2.24, 2.45) is 11.7 Å². The molecule has 0 aromatic carbocycles. The van der Waals surface area contributed by atoms with E-state index < -0.39 is 0 Å². The molecule has 74 valence electrons. The van der Waals surface area contributed by atoms with E-state index >= 15 is 0 Å². The Kier molecular flexibility index (Phi) is 4.21. The first kappa shape index (κ1) is 11.9. The van der Waals surface area contributed by atoms with Crippen LogP contribution in [-0.2, 0) is 0 Å². The number of hydrogen-bond acceptors (Lipinski definition) is 2. The summed E-state index contributed by atoms with van der Waals surface area (Å²) in [6, 6.07) is 0.248. The minimum atomic E-state index is 0.0927. The fourth-order valence-electron chi connectivity index (χ4n) is 1.25. The summed E-state index contributed by atoms with van der Waals surface area (Å²) >= 11 is 0. The summed E-state index contributed by atoms with van der Waals surface area (Å²) in [4.78, 5) is 2.20. The van der Waals surface area contributed by atoms with Crippen LogP contribution in [0.5, 0.6) is 0 Å². The first-order chi connectivity index (χ1) is 5.34. The highest BCUT2D eigenvalue weighted by molar-refractivity contribution is 4.91. The van der Waals surface area contributed by atoms with E-state index in [4.69, 9.17) is 5.73 Å². The number of likely N-dealkylation sites (N-methyl/N-ethyl adjacent to an activating group) is 1. The van der Waals surface area contributed by atoms with Gasteiger partial charge >= 0.3 is 0 Å². The minimum absolute atomic E-state index is 0.0927. The molecule has 2 unspecified atom stereocenters. The van der Waals surface area contributed by atoms with Gasteiger partial charge in [-0.2, -0.15) is 0 Å². The molecule has 0 rings (SSSR count). The van der Waals surface area contributed by atoms with Gasteiger partial charge in [0.15, 0.2) is 0 Å². The Balaban J connectivity index is 4.34. The van der Waals surface area contributed by atoms with Gasteiger partial charge in [-0.05, 0) is 33.9 Å². The van der Waals surface area contributed by atoms with Crippen LogP contribution in [-0.4, -0.2) is 30.6 Å². The van der Waals surface area contributed by atoms with Crippen molar-refractivity contribution in [2.45, 2.75) is 45.7 Å². The van der Waals surface area contributed by atoms with E-state index in [0.29, 0.717) is 5.92 Å². The maximum atomic E-state index is 6.16. The lowest BCUT2D eigenvalue weighted by Crippen LogP contribution is -2.55. The van der Waals surface area contributed by atoms with Gasteiger partial charge in [-0.1, -0.05) is 20.3 Å². The average Bonchev–Trinajstić information content (AvgIpc) is 2.01. The lowest BCUT2D eigenvalue weighted by Gasteiger charge is -2.40. The topological polar surface area (TPSA) is 29.3 Å². The molecule has 2 nitrogen and oxygen atoms in total. The number of nitrogens with zero attached hydrogens (tertiary/aromatic N) is 1. The summed E-state index contributed by atoms with van der Waals surface area (Å²) in [5.41, 5.74) is 6.26. The van der Waals surface area contributed by atoms with E-state index in [1.165, 1.54) is 0 Å². The second-order valence-electron chi connectivity index (χ2n) is 4.46. The highest BCUT2D eigenvalue weighted by Crippen LogP contribution is 2.21. The second-order valence-corrected chi connectivity index (χ2v) is 4.46. The average molecular weight is 172 g/mol. The first-order valence-electron chi connectivity index (χ1n) is 4.77. The van der Waals surface area contributed by atoms with Crippen LogP contribution in [0.3, 0.4) is 0 Å². The Bertz CT molecular complexity index is 130. The third-order valence-corrected chi connectivity index (χ3v) is 3.23. The van der Waals surface area contributed by atoms with E-state index in [1.807, 2.05) is 0 Å². The van der Waals surface area contributed by atoms with E-state index in [1.54, 1.807) is 0 Å². The summed E-state index contributed by atoms with van der Waals surface area (Å²) in [6.07, 6.45) is 1.15. The van der Waals surface area contributed by atoms with Crippen molar-refractivity contribution in [2.75, 3.05) is 14.1 Å². The molecule has 0 aliphatic carbocycles. The molecule has 2 N–H and O–H groups in total. The van der Waals surface area contributed by atoms with Crippen LogP contribution >= 0.6 is 0 Å². The standard InChI is InChI=1S/C10H24N2/c1-7-8(2)9(11)10(3,4)12(5)6/h8-9H,7,11H2,1-6H3. The zero-order valence-corrected chi connectivity index (χ0v) is 9.39. The smallest absolute Gasteiger partial charge is 0.0300 e. The summed E-state index contributed by atoms with van der Waals surface area (Å²) in [5.74, 6) is 0.586. The minimum Gasteiger partial charge on any atom is -0.326 e. The normalized spacial score (nSPS) is 18.0. The monoisotopic (exact) mass is 172 g/mol. The zero-order valence-electron chi connectivity index (χ0n) is 9.39.